The molecule has 0 aromatic rings. The van der Waals surface area contributed by atoms with Crippen LogP contribution in [-0.4, -0.2) is 30.2 Å². The highest BCUT2D eigenvalue weighted by atomic mass is 16.4. The van der Waals surface area contributed by atoms with Gasteiger partial charge in [-0.3, -0.25) is 4.79 Å². The van der Waals surface area contributed by atoms with E-state index in [0.717, 1.165) is 18.3 Å². The van der Waals surface area contributed by atoms with Gasteiger partial charge in [0.2, 0.25) is 0 Å². The Morgan fingerprint density at radius 3 is 2.68 bits per heavy atom. The van der Waals surface area contributed by atoms with Crippen LogP contribution in [0.15, 0.2) is 0 Å². The SMILES string of the molecule is CC1CCCC(CCNC(=O)NCC(C)C(=O)O)C1. The van der Waals surface area contributed by atoms with Crippen molar-refractivity contribution < 1.29 is 14.7 Å². The van der Waals surface area contributed by atoms with Gasteiger partial charge >= 0.3 is 12.0 Å². The molecule has 2 amide bonds. The average Bonchev–Trinajstić information content (AvgIpc) is 2.36. The number of amides is 2. The number of carbonyl (C=O) groups excluding carboxylic acids is 1. The molecule has 5 nitrogen and oxygen atoms in total. The molecule has 3 unspecified atom stereocenters. The van der Waals surface area contributed by atoms with E-state index in [2.05, 4.69) is 17.6 Å². The molecule has 0 spiro atoms. The molecule has 0 bridgehead atoms. The van der Waals surface area contributed by atoms with Crippen LogP contribution in [0.2, 0.25) is 0 Å². The topological polar surface area (TPSA) is 78.4 Å². The Kier molecular flexibility index (Phi) is 6.67. The van der Waals surface area contributed by atoms with Gasteiger partial charge in [-0.25, -0.2) is 4.79 Å². The molecule has 5 heteroatoms. The second-order valence-corrected chi connectivity index (χ2v) is 5.80. The van der Waals surface area contributed by atoms with E-state index in [1.165, 1.54) is 25.7 Å². The summed E-state index contributed by atoms with van der Waals surface area (Å²) in [4.78, 5) is 22.1. The molecule has 1 aliphatic carbocycles. The van der Waals surface area contributed by atoms with Gasteiger partial charge in [-0.2, -0.15) is 0 Å². The van der Waals surface area contributed by atoms with Crippen LogP contribution >= 0.6 is 0 Å². The molecule has 19 heavy (non-hydrogen) atoms. The maximum absolute atomic E-state index is 11.5. The molecular formula is C14H26N2O3. The first-order valence-electron chi connectivity index (χ1n) is 7.23. The number of nitrogens with one attached hydrogen (secondary N) is 2. The van der Waals surface area contributed by atoms with Crippen LogP contribution in [0.25, 0.3) is 0 Å². The number of aliphatic carboxylic acids is 1. The van der Waals surface area contributed by atoms with E-state index < -0.39 is 11.9 Å². The molecule has 0 aromatic carbocycles. The lowest BCUT2D eigenvalue weighted by atomic mass is 9.81. The van der Waals surface area contributed by atoms with E-state index in [4.69, 9.17) is 5.11 Å². The number of carbonyl (C=O) groups is 2. The summed E-state index contributed by atoms with van der Waals surface area (Å²) in [6.07, 6.45) is 6.18. The van der Waals surface area contributed by atoms with E-state index in [1.54, 1.807) is 6.92 Å². The second kappa shape index (κ2) is 8.02. The van der Waals surface area contributed by atoms with Gasteiger partial charge in [-0.1, -0.05) is 33.1 Å². The Balaban J connectivity index is 2.08. The molecule has 3 atom stereocenters. The third-order valence-corrected chi connectivity index (χ3v) is 3.87. The van der Waals surface area contributed by atoms with Crippen molar-refractivity contribution in [3.05, 3.63) is 0 Å². The Hall–Kier alpha value is -1.26. The van der Waals surface area contributed by atoms with E-state index in [1.807, 2.05) is 0 Å². The molecule has 0 radical (unpaired) electrons. The minimum atomic E-state index is -0.892. The Bertz CT molecular complexity index is 307. The van der Waals surface area contributed by atoms with Gasteiger partial charge in [0.25, 0.3) is 0 Å². The lowest BCUT2D eigenvalue weighted by Gasteiger charge is -2.26. The highest BCUT2D eigenvalue weighted by Crippen LogP contribution is 2.30. The zero-order chi connectivity index (χ0) is 14.3. The first-order valence-corrected chi connectivity index (χ1v) is 7.23. The predicted octanol–water partition coefficient (Wildman–Crippen LogP) is 2.22. The van der Waals surface area contributed by atoms with Crippen molar-refractivity contribution in [2.24, 2.45) is 17.8 Å². The summed E-state index contributed by atoms with van der Waals surface area (Å²) in [5, 5.41) is 14.1. The van der Waals surface area contributed by atoms with Gasteiger partial charge in [0, 0.05) is 13.1 Å². The maximum Gasteiger partial charge on any atom is 0.314 e. The highest BCUT2D eigenvalue weighted by molar-refractivity contribution is 5.75. The summed E-state index contributed by atoms with van der Waals surface area (Å²) >= 11 is 0. The van der Waals surface area contributed by atoms with E-state index in [9.17, 15) is 9.59 Å². The summed E-state index contributed by atoms with van der Waals surface area (Å²) in [6, 6.07) is -0.267. The lowest BCUT2D eigenvalue weighted by molar-refractivity contribution is -0.140. The van der Waals surface area contributed by atoms with Gasteiger partial charge in [0.15, 0.2) is 0 Å². The van der Waals surface area contributed by atoms with Gasteiger partial charge in [0.05, 0.1) is 5.92 Å². The predicted molar refractivity (Wildman–Crippen MR) is 73.9 cm³/mol. The molecule has 0 aliphatic heterocycles. The van der Waals surface area contributed by atoms with Crippen molar-refractivity contribution in [3.63, 3.8) is 0 Å². The van der Waals surface area contributed by atoms with Crippen LogP contribution in [0.5, 0.6) is 0 Å². The van der Waals surface area contributed by atoms with Crippen molar-refractivity contribution in [1.82, 2.24) is 10.6 Å². The minimum Gasteiger partial charge on any atom is -0.481 e. The van der Waals surface area contributed by atoms with Crippen LogP contribution in [0.3, 0.4) is 0 Å². The van der Waals surface area contributed by atoms with E-state index >= 15 is 0 Å². The summed E-state index contributed by atoms with van der Waals surface area (Å²) < 4.78 is 0. The van der Waals surface area contributed by atoms with Crippen LogP contribution in [-0.2, 0) is 4.79 Å². The molecule has 1 fully saturated rings. The molecule has 0 heterocycles. The van der Waals surface area contributed by atoms with Crippen molar-refractivity contribution >= 4 is 12.0 Å². The van der Waals surface area contributed by atoms with Crippen LogP contribution < -0.4 is 10.6 Å². The molecule has 3 N–H and O–H groups in total. The minimum absolute atomic E-state index is 0.168. The van der Waals surface area contributed by atoms with Gasteiger partial charge < -0.3 is 15.7 Å². The number of urea groups is 1. The normalized spacial score (nSPS) is 24.5. The first kappa shape index (κ1) is 15.8. The molecular weight excluding hydrogens is 244 g/mol. The van der Waals surface area contributed by atoms with Gasteiger partial charge in [-0.05, 0) is 24.7 Å². The first-order chi connectivity index (χ1) is 8.99. The van der Waals surface area contributed by atoms with Crippen molar-refractivity contribution in [1.29, 1.82) is 0 Å². The van der Waals surface area contributed by atoms with Gasteiger partial charge in [0.1, 0.15) is 0 Å². The fourth-order valence-electron chi connectivity index (χ4n) is 2.61. The van der Waals surface area contributed by atoms with E-state index in [0.29, 0.717) is 6.54 Å². The number of carboxylic acids is 1. The molecule has 1 saturated carbocycles. The Morgan fingerprint density at radius 1 is 1.32 bits per heavy atom. The maximum atomic E-state index is 11.5. The Labute approximate surface area is 115 Å². The third-order valence-electron chi connectivity index (χ3n) is 3.87. The summed E-state index contributed by atoms with van der Waals surface area (Å²) in [5.74, 6) is 0.0902. The van der Waals surface area contributed by atoms with Crippen molar-refractivity contribution in [2.45, 2.75) is 46.0 Å². The summed E-state index contributed by atoms with van der Waals surface area (Å²) in [5.41, 5.74) is 0. The largest absolute Gasteiger partial charge is 0.481 e. The highest BCUT2D eigenvalue weighted by Gasteiger charge is 2.18. The molecule has 0 saturated heterocycles. The van der Waals surface area contributed by atoms with Crippen molar-refractivity contribution in [2.75, 3.05) is 13.1 Å². The monoisotopic (exact) mass is 270 g/mol. The quantitative estimate of drug-likeness (QED) is 0.692. The zero-order valence-electron chi connectivity index (χ0n) is 11.9. The van der Waals surface area contributed by atoms with Crippen molar-refractivity contribution in [3.8, 4) is 0 Å². The molecule has 1 aliphatic rings. The second-order valence-electron chi connectivity index (χ2n) is 5.80. The number of rotatable bonds is 6. The number of hydrogen-bond acceptors (Lipinski definition) is 2. The molecule has 1 rings (SSSR count). The Morgan fingerprint density at radius 2 is 2.05 bits per heavy atom. The van der Waals surface area contributed by atoms with Crippen LogP contribution in [0.1, 0.15) is 46.0 Å². The summed E-state index contributed by atoms with van der Waals surface area (Å²) in [7, 11) is 0. The number of hydrogen-bond donors (Lipinski definition) is 3. The molecule has 110 valence electrons. The van der Waals surface area contributed by atoms with E-state index in [-0.39, 0.29) is 12.6 Å². The van der Waals surface area contributed by atoms with Gasteiger partial charge in [-0.15, -0.1) is 0 Å². The fraction of sp³-hybridized carbons (Fsp3) is 0.857. The standard InChI is InChI=1S/C14H26N2O3/c1-10-4-3-5-12(8-10)6-7-15-14(19)16-9-11(2)13(17)18/h10-12H,3-9H2,1-2H3,(H,17,18)(H2,15,16,19). The van der Waals surface area contributed by atoms with Crippen LogP contribution in [0.4, 0.5) is 4.79 Å². The lowest BCUT2D eigenvalue weighted by Crippen LogP contribution is -2.40. The average molecular weight is 270 g/mol. The smallest absolute Gasteiger partial charge is 0.314 e. The fourth-order valence-corrected chi connectivity index (χ4v) is 2.61. The van der Waals surface area contributed by atoms with Crippen LogP contribution in [0, 0.1) is 17.8 Å². The number of carboxylic acid groups (broad SMARTS) is 1. The summed E-state index contributed by atoms with van der Waals surface area (Å²) in [6.45, 7) is 4.71. The molecule has 0 aromatic heterocycles. The zero-order valence-corrected chi connectivity index (χ0v) is 11.9. The third kappa shape index (κ3) is 6.45.